The third-order valence-electron chi connectivity index (χ3n) is 4.19. The summed E-state index contributed by atoms with van der Waals surface area (Å²) in [5.41, 5.74) is 4.30. The summed E-state index contributed by atoms with van der Waals surface area (Å²) in [5, 5.41) is 8.72. The second kappa shape index (κ2) is 7.94. The molecule has 0 saturated heterocycles. The van der Waals surface area contributed by atoms with Crippen molar-refractivity contribution in [1.82, 2.24) is 9.78 Å². The molecule has 1 aromatic heterocycles. The SMILES string of the molecule is Cc1nn(Cc2ccc(Cl)cc2Cl)c(C)c1NC(=O)Cc1ccccc1. The second-order valence-electron chi connectivity index (χ2n) is 6.15. The van der Waals surface area contributed by atoms with Gasteiger partial charge in [-0.3, -0.25) is 9.48 Å². The summed E-state index contributed by atoms with van der Waals surface area (Å²) < 4.78 is 1.84. The molecule has 0 aliphatic heterocycles. The van der Waals surface area contributed by atoms with Crippen LogP contribution in [0.1, 0.15) is 22.5 Å². The molecule has 3 rings (SSSR count). The fourth-order valence-electron chi connectivity index (χ4n) is 2.81. The Morgan fingerprint density at radius 1 is 1.12 bits per heavy atom. The van der Waals surface area contributed by atoms with E-state index in [1.165, 1.54) is 0 Å². The molecule has 0 fully saturated rings. The van der Waals surface area contributed by atoms with Crippen LogP contribution in [-0.4, -0.2) is 15.7 Å². The fourth-order valence-corrected chi connectivity index (χ4v) is 3.28. The van der Waals surface area contributed by atoms with Gasteiger partial charge in [0.1, 0.15) is 0 Å². The van der Waals surface area contributed by atoms with Gasteiger partial charge in [0.25, 0.3) is 0 Å². The van der Waals surface area contributed by atoms with Crippen LogP contribution in [0.2, 0.25) is 10.0 Å². The van der Waals surface area contributed by atoms with Gasteiger partial charge in [-0.25, -0.2) is 0 Å². The number of rotatable bonds is 5. The third kappa shape index (κ3) is 4.26. The van der Waals surface area contributed by atoms with E-state index < -0.39 is 0 Å². The molecule has 0 spiro atoms. The van der Waals surface area contributed by atoms with Crippen LogP contribution in [0, 0.1) is 13.8 Å². The van der Waals surface area contributed by atoms with Crippen LogP contribution in [0.25, 0.3) is 0 Å². The minimum atomic E-state index is -0.0634. The quantitative estimate of drug-likeness (QED) is 0.666. The molecular formula is C20H19Cl2N3O. The van der Waals surface area contributed by atoms with Gasteiger partial charge >= 0.3 is 0 Å². The van der Waals surface area contributed by atoms with Crippen LogP contribution in [0.3, 0.4) is 0 Å². The molecule has 3 aromatic rings. The third-order valence-corrected chi connectivity index (χ3v) is 4.78. The van der Waals surface area contributed by atoms with Crippen molar-refractivity contribution in [2.45, 2.75) is 26.8 Å². The zero-order valence-electron chi connectivity index (χ0n) is 14.6. The minimum absolute atomic E-state index is 0.0634. The lowest BCUT2D eigenvalue weighted by Gasteiger charge is -2.09. The number of aryl methyl sites for hydroxylation is 1. The first-order chi connectivity index (χ1) is 12.4. The number of hydrogen-bond donors (Lipinski definition) is 1. The molecule has 26 heavy (non-hydrogen) atoms. The Morgan fingerprint density at radius 3 is 2.54 bits per heavy atom. The van der Waals surface area contributed by atoms with Crippen molar-refractivity contribution in [2.24, 2.45) is 0 Å². The number of amides is 1. The van der Waals surface area contributed by atoms with Gasteiger partial charge in [0.15, 0.2) is 0 Å². The van der Waals surface area contributed by atoms with E-state index in [2.05, 4.69) is 10.4 Å². The first kappa shape index (κ1) is 18.5. The molecule has 1 N–H and O–H groups in total. The summed E-state index contributed by atoms with van der Waals surface area (Å²) in [5.74, 6) is -0.0634. The normalized spacial score (nSPS) is 10.8. The van der Waals surface area contributed by atoms with Crippen molar-refractivity contribution in [2.75, 3.05) is 5.32 Å². The molecule has 0 aliphatic rings. The lowest BCUT2D eigenvalue weighted by atomic mass is 10.1. The van der Waals surface area contributed by atoms with Crippen LogP contribution in [0.15, 0.2) is 48.5 Å². The van der Waals surface area contributed by atoms with Crippen molar-refractivity contribution in [3.8, 4) is 0 Å². The summed E-state index contributed by atoms with van der Waals surface area (Å²) >= 11 is 12.2. The highest BCUT2D eigenvalue weighted by Gasteiger charge is 2.15. The molecule has 0 aliphatic carbocycles. The Labute approximate surface area is 162 Å². The lowest BCUT2D eigenvalue weighted by molar-refractivity contribution is -0.115. The van der Waals surface area contributed by atoms with Gasteiger partial charge < -0.3 is 5.32 Å². The Bertz CT molecular complexity index is 936. The number of benzene rings is 2. The molecule has 4 nitrogen and oxygen atoms in total. The van der Waals surface area contributed by atoms with Gasteiger partial charge in [-0.15, -0.1) is 0 Å². The zero-order chi connectivity index (χ0) is 18.7. The monoisotopic (exact) mass is 387 g/mol. The first-order valence-corrected chi connectivity index (χ1v) is 9.01. The highest BCUT2D eigenvalue weighted by molar-refractivity contribution is 6.35. The Kier molecular flexibility index (Phi) is 5.64. The van der Waals surface area contributed by atoms with Crippen molar-refractivity contribution in [3.63, 3.8) is 0 Å². The molecule has 6 heteroatoms. The largest absolute Gasteiger partial charge is 0.323 e. The van der Waals surface area contributed by atoms with Gasteiger partial charge in [-0.05, 0) is 37.1 Å². The number of aromatic nitrogens is 2. The molecule has 1 amide bonds. The lowest BCUT2D eigenvalue weighted by Crippen LogP contribution is -2.15. The van der Waals surface area contributed by atoms with Crippen LogP contribution >= 0.6 is 23.2 Å². The van der Waals surface area contributed by atoms with Gasteiger partial charge in [-0.2, -0.15) is 5.10 Å². The van der Waals surface area contributed by atoms with E-state index in [-0.39, 0.29) is 5.91 Å². The smallest absolute Gasteiger partial charge is 0.228 e. The summed E-state index contributed by atoms with van der Waals surface area (Å²) in [6.45, 7) is 4.32. The standard InChI is InChI=1S/C20H19Cl2N3O/c1-13-20(23-19(26)10-15-6-4-3-5-7-15)14(2)25(24-13)12-16-8-9-17(21)11-18(16)22/h3-9,11H,10,12H2,1-2H3,(H,23,26). The maximum absolute atomic E-state index is 12.4. The van der Waals surface area contributed by atoms with Crippen LogP contribution < -0.4 is 5.32 Å². The number of hydrogen-bond acceptors (Lipinski definition) is 2. The number of carbonyl (C=O) groups excluding carboxylic acids is 1. The average Bonchev–Trinajstić information content (AvgIpc) is 2.86. The predicted octanol–water partition coefficient (Wildman–Crippen LogP) is 5.04. The zero-order valence-corrected chi connectivity index (χ0v) is 16.1. The maximum atomic E-state index is 12.4. The van der Waals surface area contributed by atoms with Crippen molar-refractivity contribution in [3.05, 3.63) is 81.1 Å². The highest BCUT2D eigenvalue weighted by atomic mass is 35.5. The summed E-state index contributed by atoms with van der Waals surface area (Å²) in [7, 11) is 0. The van der Waals surface area contributed by atoms with E-state index in [0.29, 0.717) is 23.0 Å². The minimum Gasteiger partial charge on any atom is -0.323 e. The van der Waals surface area contributed by atoms with Crippen molar-refractivity contribution < 1.29 is 4.79 Å². The average molecular weight is 388 g/mol. The van der Waals surface area contributed by atoms with Gasteiger partial charge in [0, 0.05) is 10.0 Å². The van der Waals surface area contributed by atoms with E-state index in [1.807, 2.05) is 54.9 Å². The van der Waals surface area contributed by atoms with Gasteiger partial charge in [0.2, 0.25) is 5.91 Å². The van der Waals surface area contributed by atoms with E-state index >= 15 is 0 Å². The Hall–Kier alpha value is -2.30. The van der Waals surface area contributed by atoms with Crippen LogP contribution in [0.4, 0.5) is 5.69 Å². The molecule has 0 bridgehead atoms. The van der Waals surface area contributed by atoms with E-state index in [9.17, 15) is 4.79 Å². The number of anilines is 1. The number of carbonyl (C=O) groups is 1. The van der Waals surface area contributed by atoms with Crippen LogP contribution in [-0.2, 0) is 17.8 Å². The molecule has 134 valence electrons. The molecule has 0 unspecified atom stereocenters. The van der Waals surface area contributed by atoms with E-state index in [4.69, 9.17) is 23.2 Å². The number of halogens is 2. The highest BCUT2D eigenvalue weighted by Crippen LogP contribution is 2.25. The van der Waals surface area contributed by atoms with Crippen molar-refractivity contribution in [1.29, 1.82) is 0 Å². The summed E-state index contributed by atoms with van der Waals surface area (Å²) in [6, 6.07) is 15.1. The van der Waals surface area contributed by atoms with E-state index in [1.54, 1.807) is 12.1 Å². The second-order valence-corrected chi connectivity index (χ2v) is 6.99. The molecular weight excluding hydrogens is 369 g/mol. The van der Waals surface area contributed by atoms with Crippen LogP contribution in [0.5, 0.6) is 0 Å². The Morgan fingerprint density at radius 2 is 1.85 bits per heavy atom. The first-order valence-electron chi connectivity index (χ1n) is 8.25. The summed E-state index contributed by atoms with van der Waals surface area (Å²) in [4.78, 5) is 12.4. The molecule has 1 heterocycles. The van der Waals surface area contributed by atoms with Gasteiger partial charge in [0.05, 0.1) is 30.0 Å². The topological polar surface area (TPSA) is 46.9 Å². The molecule has 0 atom stereocenters. The summed E-state index contributed by atoms with van der Waals surface area (Å²) in [6.07, 6.45) is 0.327. The fraction of sp³-hybridized carbons (Fsp3) is 0.200. The Balaban J connectivity index is 1.76. The van der Waals surface area contributed by atoms with E-state index in [0.717, 1.165) is 28.2 Å². The number of nitrogens with one attached hydrogen (secondary N) is 1. The molecule has 0 saturated carbocycles. The maximum Gasteiger partial charge on any atom is 0.228 e. The predicted molar refractivity (Wildman–Crippen MR) is 106 cm³/mol. The molecule has 2 aromatic carbocycles. The number of nitrogens with zero attached hydrogens (tertiary/aromatic N) is 2. The van der Waals surface area contributed by atoms with Crippen molar-refractivity contribution >= 4 is 34.8 Å². The van der Waals surface area contributed by atoms with Gasteiger partial charge in [-0.1, -0.05) is 59.6 Å². The molecule has 0 radical (unpaired) electrons.